The molecule has 2 aromatic carbocycles. The maximum Gasteiger partial charge on any atom is 0.196 e. The number of piperidine rings is 1. The molecule has 1 aliphatic heterocycles. The van der Waals surface area contributed by atoms with Crippen LogP contribution >= 0.6 is 0 Å². The average molecular weight is 404 g/mol. The summed E-state index contributed by atoms with van der Waals surface area (Å²) in [6, 6.07) is 9.81. The normalized spacial score (nSPS) is 20.7. The Morgan fingerprint density at radius 2 is 1.87 bits per heavy atom. The molecular weight excluding hydrogens is 374 g/mol. The average Bonchev–Trinajstić information content (AvgIpc) is 3.15. The molecule has 2 aliphatic rings. The first-order chi connectivity index (χ1) is 14.4. The standard InChI is InChI=1S/C25H29N3O2/c1-14(2)11-26-19-10-20(28-12-15(3)9-16(4)13-28)23-22-21(19)24(29)17-7-5-6-8-18(17)25(22)30-27-23/h5-8,10,14-16,26H,9,11-13H2,1-4H3/t15-,16-/m1/s1. The van der Waals surface area contributed by atoms with Crippen LogP contribution in [0.3, 0.4) is 0 Å². The molecular formula is C25H29N3O2. The molecule has 1 fully saturated rings. The van der Waals surface area contributed by atoms with Crippen molar-refractivity contribution in [2.75, 3.05) is 29.9 Å². The minimum absolute atomic E-state index is 0.0458. The number of aromatic nitrogens is 1. The molecule has 5 nitrogen and oxygen atoms in total. The summed E-state index contributed by atoms with van der Waals surface area (Å²) in [6.07, 6.45) is 1.24. The molecule has 1 aromatic heterocycles. The molecule has 5 heteroatoms. The van der Waals surface area contributed by atoms with E-state index in [9.17, 15) is 4.79 Å². The van der Waals surface area contributed by atoms with E-state index < -0.39 is 0 Å². The molecule has 0 saturated carbocycles. The van der Waals surface area contributed by atoms with Crippen LogP contribution in [0.25, 0.3) is 22.2 Å². The van der Waals surface area contributed by atoms with Crippen LogP contribution in [0.2, 0.25) is 0 Å². The van der Waals surface area contributed by atoms with Crippen molar-refractivity contribution < 1.29 is 9.32 Å². The second kappa shape index (κ2) is 7.15. The number of ketones is 1. The van der Waals surface area contributed by atoms with Crippen molar-refractivity contribution in [3.05, 3.63) is 41.5 Å². The lowest BCUT2D eigenvalue weighted by Gasteiger charge is -2.37. The highest BCUT2D eigenvalue weighted by molar-refractivity contribution is 6.28. The van der Waals surface area contributed by atoms with Crippen LogP contribution in [0, 0.1) is 17.8 Å². The van der Waals surface area contributed by atoms with Gasteiger partial charge in [-0.3, -0.25) is 4.79 Å². The molecule has 2 atom stereocenters. The van der Waals surface area contributed by atoms with Crippen LogP contribution < -0.4 is 10.2 Å². The van der Waals surface area contributed by atoms with Crippen LogP contribution in [-0.2, 0) is 0 Å². The lowest BCUT2D eigenvalue weighted by Crippen LogP contribution is -2.39. The van der Waals surface area contributed by atoms with Crippen LogP contribution in [0.1, 0.15) is 50.0 Å². The Morgan fingerprint density at radius 1 is 1.17 bits per heavy atom. The molecule has 156 valence electrons. The highest BCUT2D eigenvalue weighted by atomic mass is 16.5. The predicted molar refractivity (Wildman–Crippen MR) is 121 cm³/mol. The summed E-state index contributed by atoms with van der Waals surface area (Å²) in [7, 11) is 0. The second-order valence-corrected chi connectivity index (χ2v) is 9.55. The van der Waals surface area contributed by atoms with Crippen LogP contribution in [0.5, 0.6) is 0 Å². The molecule has 0 radical (unpaired) electrons. The van der Waals surface area contributed by atoms with Crippen molar-refractivity contribution in [1.82, 2.24) is 5.16 Å². The van der Waals surface area contributed by atoms with E-state index in [1.54, 1.807) is 0 Å². The van der Waals surface area contributed by atoms with Gasteiger partial charge >= 0.3 is 0 Å². The summed E-state index contributed by atoms with van der Waals surface area (Å²) in [5.74, 6) is 2.47. The van der Waals surface area contributed by atoms with Crippen molar-refractivity contribution >= 4 is 28.1 Å². The van der Waals surface area contributed by atoms with E-state index in [-0.39, 0.29) is 5.78 Å². The van der Waals surface area contributed by atoms with Gasteiger partial charge in [-0.1, -0.05) is 57.1 Å². The van der Waals surface area contributed by atoms with Gasteiger partial charge in [0.05, 0.1) is 16.6 Å². The van der Waals surface area contributed by atoms with E-state index in [1.807, 2.05) is 24.3 Å². The predicted octanol–water partition coefficient (Wildman–Crippen LogP) is 5.59. The van der Waals surface area contributed by atoms with Gasteiger partial charge < -0.3 is 14.7 Å². The van der Waals surface area contributed by atoms with Gasteiger partial charge in [-0.2, -0.15) is 0 Å². The van der Waals surface area contributed by atoms with Crippen molar-refractivity contribution in [2.24, 2.45) is 17.8 Å². The second-order valence-electron chi connectivity index (χ2n) is 9.55. The molecule has 1 saturated heterocycles. The van der Waals surface area contributed by atoms with Gasteiger partial charge in [0.2, 0.25) is 0 Å². The van der Waals surface area contributed by atoms with Crippen molar-refractivity contribution in [3.8, 4) is 11.3 Å². The van der Waals surface area contributed by atoms with Crippen LogP contribution in [0.15, 0.2) is 34.9 Å². The zero-order valence-electron chi connectivity index (χ0n) is 18.2. The number of hydrogen-bond donors (Lipinski definition) is 1. The van der Waals surface area contributed by atoms with Gasteiger partial charge in [0, 0.05) is 36.4 Å². The van der Waals surface area contributed by atoms with E-state index in [0.717, 1.165) is 47.5 Å². The molecule has 1 aliphatic carbocycles. The summed E-state index contributed by atoms with van der Waals surface area (Å²) in [5, 5.41) is 8.90. The minimum Gasteiger partial charge on any atom is -0.384 e. The Balaban J connectivity index is 1.75. The largest absolute Gasteiger partial charge is 0.384 e. The number of hydrogen-bond acceptors (Lipinski definition) is 5. The lowest BCUT2D eigenvalue weighted by atomic mass is 9.85. The van der Waals surface area contributed by atoms with Crippen LogP contribution in [0.4, 0.5) is 11.4 Å². The summed E-state index contributed by atoms with van der Waals surface area (Å²) >= 11 is 0. The van der Waals surface area contributed by atoms with Gasteiger partial charge in [0.1, 0.15) is 5.52 Å². The first-order valence-electron chi connectivity index (χ1n) is 11.0. The van der Waals surface area contributed by atoms with E-state index >= 15 is 0 Å². The SMILES string of the molecule is CC(C)CNc1cc(N2C[C@H](C)C[C@@H](C)C2)c2noc3c2c1C(=O)c1ccccc1-3. The highest BCUT2D eigenvalue weighted by Gasteiger charge is 2.34. The fourth-order valence-corrected chi connectivity index (χ4v) is 5.10. The molecule has 0 bridgehead atoms. The Morgan fingerprint density at radius 3 is 2.57 bits per heavy atom. The van der Waals surface area contributed by atoms with E-state index in [1.165, 1.54) is 6.42 Å². The number of nitrogens with zero attached hydrogens (tertiary/aromatic N) is 2. The Bertz CT molecular complexity index is 1120. The quantitative estimate of drug-likeness (QED) is 0.481. The van der Waals surface area contributed by atoms with Crippen LogP contribution in [-0.4, -0.2) is 30.6 Å². The number of carbonyl (C=O) groups excluding carboxylic acids is 1. The van der Waals surface area contributed by atoms with E-state index in [2.05, 4.69) is 49.1 Å². The van der Waals surface area contributed by atoms with Gasteiger partial charge in [-0.25, -0.2) is 0 Å². The van der Waals surface area contributed by atoms with Crippen molar-refractivity contribution in [2.45, 2.75) is 34.1 Å². The number of benzene rings is 2. The number of anilines is 2. The molecule has 3 aromatic rings. The number of carbonyl (C=O) groups is 1. The monoisotopic (exact) mass is 403 g/mol. The molecule has 0 unspecified atom stereocenters. The van der Waals surface area contributed by atoms with Crippen molar-refractivity contribution in [3.63, 3.8) is 0 Å². The van der Waals surface area contributed by atoms with Crippen molar-refractivity contribution in [1.29, 1.82) is 0 Å². The Labute approximate surface area is 177 Å². The van der Waals surface area contributed by atoms with Gasteiger partial charge in [-0.15, -0.1) is 0 Å². The fourth-order valence-electron chi connectivity index (χ4n) is 5.10. The molecule has 0 spiro atoms. The third kappa shape index (κ3) is 2.99. The number of rotatable bonds is 4. The van der Waals surface area contributed by atoms with Gasteiger partial charge in [0.25, 0.3) is 0 Å². The minimum atomic E-state index is 0.0458. The maximum atomic E-state index is 13.5. The first-order valence-corrected chi connectivity index (χ1v) is 11.0. The maximum absolute atomic E-state index is 13.5. The highest BCUT2D eigenvalue weighted by Crippen LogP contribution is 2.46. The van der Waals surface area contributed by atoms with Gasteiger partial charge in [0.15, 0.2) is 11.5 Å². The number of nitrogens with one attached hydrogen (secondary N) is 1. The third-order valence-corrected chi connectivity index (χ3v) is 6.29. The fraction of sp³-hybridized carbons (Fsp3) is 0.440. The summed E-state index contributed by atoms with van der Waals surface area (Å²) in [4.78, 5) is 16.0. The first kappa shape index (κ1) is 19.2. The summed E-state index contributed by atoms with van der Waals surface area (Å²) < 4.78 is 5.88. The molecule has 1 N–H and O–H groups in total. The molecule has 30 heavy (non-hydrogen) atoms. The summed E-state index contributed by atoms with van der Waals surface area (Å²) in [6.45, 7) is 11.8. The number of fused-ring (bicyclic) bond motifs is 2. The molecule has 2 heterocycles. The molecule has 0 amide bonds. The topological polar surface area (TPSA) is 58.4 Å². The smallest absolute Gasteiger partial charge is 0.196 e. The lowest BCUT2D eigenvalue weighted by molar-refractivity contribution is 0.104. The molecule has 5 rings (SSSR count). The van der Waals surface area contributed by atoms with E-state index in [4.69, 9.17) is 4.52 Å². The zero-order chi connectivity index (χ0) is 21.0. The van der Waals surface area contributed by atoms with Gasteiger partial charge in [-0.05, 0) is 30.2 Å². The summed E-state index contributed by atoms with van der Waals surface area (Å²) in [5.41, 5.74) is 4.98. The van der Waals surface area contributed by atoms with E-state index in [0.29, 0.717) is 34.6 Å². The Kier molecular flexibility index (Phi) is 4.57. The third-order valence-electron chi connectivity index (χ3n) is 6.29. The Hall–Kier alpha value is -2.82. The zero-order valence-corrected chi connectivity index (χ0v) is 18.2.